The van der Waals surface area contributed by atoms with Crippen LogP contribution in [0.25, 0.3) is 10.6 Å². The van der Waals surface area contributed by atoms with Crippen LogP contribution in [0.2, 0.25) is 0 Å². The Hall–Kier alpha value is -2.53. The minimum Gasteiger partial charge on any atom is -0.456 e. The van der Waals surface area contributed by atoms with Crippen LogP contribution in [0.3, 0.4) is 0 Å². The molecule has 0 aliphatic carbocycles. The molecule has 0 aliphatic heterocycles. The number of carbonyl (C=O) groups is 1. The van der Waals surface area contributed by atoms with Gasteiger partial charge < -0.3 is 4.74 Å². The Labute approximate surface area is 137 Å². The van der Waals surface area contributed by atoms with Crippen molar-refractivity contribution >= 4 is 17.3 Å². The van der Waals surface area contributed by atoms with E-state index in [9.17, 15) is 9.18 Å². The van der Waals surface area contributed by atoms with Gasteiger partial charge in [0.2, 0.25) is 0 Å². The lowest BCUT2D eigenvalue weighted by molar-refractivity contribution is 0.0468. The molecule has 1 heterocycles. The number of ether oxygens (including phenoxy) is 1. The number of aryl methyl sites for hydroxylation is 1. The Balaban J connectivity index is 1.64. The Kier molecular flexibility index (Phi) is 4.48. The van der Waals surface area contributed by atoms with E-state index >= 15 is 0 Å². The van der Waals surface area contributed by atoms with E-state index < -0.39 is 5.97 Å². The number of benzene rings is 2. The van der Waals surface area contributed by atoms with Crippen LogP contribution >= 0.6 is 11.3 Å². The Morgan fingerprint density at radius 1 is 1.13 bits per heavy atom. The van der Waals surface area contributed by atoms with Gasteiger partial charge in [0.15, 0.2) is 0 Å². The molecule has 0 bridgehead atoms. The molecule has 23 heavy (non-hydrogen) atoms. The second-order valence-corrected chi connectivity index (χ2v) is 5.95. The highest BCUT2D eigenvalue weighted by atomic mass is 32.1. The van der Waals surface area contributed by atoms with Gasteiger partial charge in [-0.3, -0.25) is 0 Å². The number of aromatic nitrogens is 1. The zero-order valence-corrected chi connectivity index (χ0v) is 13.3. The lowest BCUT2D eigenvalue weighted by Gasteiger charge is -2.02. The first-order chi connectivity index (χ1) is 11.1. The molecule has 3 aromatic rings. The molecule has 0 spiro atoms. The molecule has 0 radical (unpaired) electrons. The smallest absolute Gasteiger partial charge is 0.338 e. The van der Waals surface area contributed by atoms with Crippen molar-refractivity contribution in [2.75, 3.05) is 0 Å². The van der Waals surface area contributed by atoms with E-state index in [0.29, 0.717) is 11.3 Å². The minimum absolute atomic E-state index is 0.0958. The van der Waals surface area contributed by atoms with Crippen molar-refractivity contribution in [3.05, 3.63) is 76.5 Å². The van der Waals surface area contributed by atoms with E-state index in [1.165, 1.54) is 41.2 Å². The zero-order chi connectivity index (χ0) is 16.2. The van der Waals surface area contributed by atoms with Crippen molar-refractivity contribution in [2.24, 2.45) is 0 Å². The summed E-state index contributed by atoms with van der Waals surface area (Å²) in [7, 11) is 0. The van der Waals surface area contributed by atoms with E-state index in [1.54, 1.807) is 0 Å². The second kappa shape index (κ2) is 6.71. The quantitative estimate of drug-likeness (QED) is 0.657. The fourth-order valence-electron chi connectivity index (χ4n) is 2.01. The molecule has 1 aromatic heterocycles. The van der Waals surface area contributed by atoms with Gasteiger partial charge in [0, 0.05) is 10.9 Å². The van der Waals surface area contributed by atoms with Crippen LogP contribution in [0.15, 0.2) is 53.9 Å². The largest absolute Gasteiger partial charge is 0.456 e. The highest BCUT2D eigenvalue weighted by Gasteiger charge is 2.10. The number of hydrogen-bond donors (Lipinski definition) is 0. The van der Waals surface area contributed by atoms with Gasteiger partial charge in [-0.1, -0.05) is 29.8 Å². The average molecular weight is 327 g/mol. The summed E-state index contributed by atoms with van der Waals surface area (Å²) in [6.07, 6.45) is 0. The monoisotopic (exact) mass is 327 g/mol. The summed E-state index contributed by atoms with van der Waals surface area (Å²) in [5.41, 5.74) is 3.25. The van der Waals surface area contributed by atoms with Gasteiger partial charge >= 0.3 is 5.97 Å². The lowest BCUT2D eigenvalue weighted by Crippen LogP contribution is -2.05. The number of rotatable bonds is 4. The van der Waals surface area contributed by atoms with Crippen LogP contribution in [0.4, 0.5) is 4.39 Å². The summed E-state index contributed by atoms with van der Waals surface area (Å²) in [4.78, 5) is 16.3. The number of thiazole rings is 1. The molecular formula is C18H14FNO2S. The second-order valence-electron chi connectivity index (χ2n) is 5.09. The van der Waals surface area contributed by atoms with E-state index in [-0.39, 0.29) is 12.4 Å². The van der Waals surface area contributed by atoms with Gasteiger partial charge in [-0.25, -0.2) is 14.2 Å². The van der Waals surface area contributed by atoms with Gasteiger partial charge in [-0.15, -0.1) is 11.3 Å². The number of hydrogen-bond acceptors (Lipinski definition) is 4. The molecular weight excluding hydrogens is 313 g/mol. The predicted molar refractivity (Wildman–Crippen MR) is 87.8 cm³/mol. The highest BCUT2D eigenvalue weighted by molar-refractivity contribution is 7.13. The van der Waals surface area contributed by atoms with Crippen LogP contribution < -0.4 is 0 Å². The molecule has 5 heteroatoms. The average Bonchev–Trinajstić information content (AvgIpc) is 3.03. The molecule has 0 saturated heterocycles. The van der Waals surface area contributed by atoms with Gasteiger partial charge in [0.05, 0.1) is 11.3 Å². The maximum Gasteiger partial charge on any atom is 0.338 e. The Morgan fingerprint density at radius 3 is 2.52 bits per heavy atom. The fourth-order valence-corrected chi connectivity index (χ4v) is 2.82. The standard InChI is InChI=1S/C18H14FNO2S/c1-12-2-4-13(5-3-12)17-20-16(11-23-17)10-22-18(21)14-6-8-15(19)9-7-14/h2-9,11H,10H2,1H3. The van der Waals surface area contributed by atoms with Crippen LogP contribution in [0.1, 0.15) is 21.6 Å². The first-order valence-electron chi connectivity index (χ1n) is 7.06. The van der Waals surface area contributed by atoms with Crippen molar-refractivity contribution in [1.29, 1.82) is 0 Å². The Morgan fingerprint density at radius 2 is 1.83 bits per heavy atom. The van der Waals surface area contributed by atoms with Crippen molar-refractivity contribution in [3.63, 3.8) is 0 Å². The van der Waals surface area contributed by atoms with Crippen LogP contribution in [-0.4, -0.2) is 11.0 Å². The normalized spacial score (nSPS) is 10.5. The van der Waals surface area contributed by atoms with Gasteiger partial charge in [-0.05, 0) is 31.2 Å². The topological polar surface area (TPSA) is 39.2 Å². The van der Waals surface area contributed by atoms with Crippen molar-refractivity contribution in [3.8, 4) is 10.6 Å². The zero-order valence-electron chi connectivity index (χ0n) is 12.5. The first-order valence-corrected chi connectivity index (χ1v) is 7.94. The molecule has 3 nitrogen and oxygen atoms in total. The summed E-state index contributed by atoms with van der Waals surface area (Å²) in [6.45, 7) is 2.13. The van der Waals surface area contributed by atoms with Crippen LogP contribution in [0, 0.1) is 12.7 Å². The molecule has 0 aliphatic rings. The Bertz CT molecular complexity index is 810. The third-order valence-electron chi connectivity index (χ3n) is 3.28. The van der Waals surface area contributed by atoms with Crippen LogP contribution in [0.5, 0.6) is 0 Å². The summed E-state index contributed by atoms with van der Waals surface area (Å²) in [5.74, 6) is -0.876. The summed E-state index contributed by atoms with van der Waals surface area (Å²) >= 11 is 1.51. The number of nitrogens with zero attached hydrogens (tertiary/aromatic N) is 1. The molecule has 0 fully saturated rings. The van der Waals surface area contributed by atoms with Crippen molar-refractivity contribution in [2.45, 2.75) is 13.5 Å². The van der Waals surface area contributed by atoms with Crippen molar-refractivity contribution in [1.82, 2.24) is 4.98 Å². The molecule has 0 N–H and O–H groups in total. The van der Waals surface area contributed by atoms with E-state index in [4.69, 9.17) is 4.74 Å². The highest BCUT2D eigenvalue weighted by Crippen LogP contribution is 2.24. The fraction of sp³-hybridized carbons (Fsp3) is 0.111. The minimum atomic E-state index is -0.491. The van der Waals surface area contributed by atoms with Gasteiger partial charge in [0.1, 0.15) is 17.4 Å². The third kappa shape index (κ3) is 3.81. The number of halogens is 1. The maximum atomic E-state index is 12.8. The lowest BCUT2D eigenvalue weighted by atomic mass is 10.2. The van der Waals surface area contributed by atoms with Crippen LogP contribution in [-0.2, 0) is 11.3 Å². The van der Waals surface area contributed by atoms with E-state index in [2.05, 4.69) is 4.98 Å². The van der Waals surface area contributed by atoms with Crippen molar-refractivity contribution < 1.29 is 13.9 Å². The molecule has 116 valence electrons. The molecule has 0 saturated carbocycles. The SMILES string of the molecule is Cc1ccc(-c2nc(COC(=O)c3ccc(F)cc3)cs2)cc1. The summed E-state index contributed by atoms with van der Waals surface area (Å²) in [6, 6.07) is 13.4. The molecule has 0 atom stereocenters. The maximum absolute atomic E-state index is 12.8. The third-order valence-corrected chi connectivity index (χ3v) is 4.22. The number of esters is 1. The summed E-state index contributed by atoms with van der Waals surface area (Å²) in [5, 5.41) is 2.76. The first kappa shape index (κ1) is 15.4. The van der Waals surface area contributed by atoms with Gasteiger partial charge in [0.25, 0.3) is 0 Å². The molecule has 0 unspecified atom stereocenters. The summed E-state index contributed by atoms with van der Waals surface area (Å²) < 4.78 is 18.0. The van der Waals surface area contributed by atoms with E-state index in [1.807, 2.05) is 36.6 Å². The molecule has 2 aromatic carbocycles. The molecule has 0 amide bonds. The predicted octanol–water partition coefficient (Wildman–Crippen LogP) is 4.61. The van der Waals surface area contributed by atoms with E-state index in [0.717, 1.165) is 10.6 Å². The number of carbonyl (C=O) groups excluding carboxylic acids is 1. The molecule has 3 rings (SSSR count). The van der Waals surface area contributed by atoms with Gasteiger partial charge in [-0.2, -0.15) is 0 Å².